The van der Waals surface area contributed by atoms with Crippen LogP contribution in [0, 0.1) is 5.41 Å². The molecule has 1 fully saturated rings. The average Bonchev–Trinajstić information content (AvgIpc) is 2.35. The Bertz CT molecular complexity index is 240. The molecule has 0 aromatic heterocycles. The predicted molar refractivity (Wildman–Crippen MR) is 65.9 cm³/mol. The zero-order valence-corrected chi connectivity index (χ0v) is 10.5. The summed E-state index contributed by atoms with van der Waals surface area (Å²) in [5.41, 5.74) is 11.4. The van der Waals surface area contributed by atoms with Gasteiger partial charge in [0.05, 0.1) is 0 Å². The number of amides is 1. The van der Waals surface area contributed by atoms with E-state index in [0.29, 0.717) is 18.4 Å². The van der Waals surface area contributed by atoms with Gasteiger partial charge in [0.25, 0.3) is 0 Å². The van der Waals surface area contributed by atoms with Crippen molar-refractivity contribution in [1.82, 2.24) is 4.90 Å². The molecule has 0 radical (unpaired) electrons. The molecule has 1 saturated heterocycles. The minimum atomic E-state index is -0.251. The smallest absolute Gasteiger partial charge is 0.219 e. The zero-order chi connectivity index (χ0) is 12.2. The maximum absolute atomic E-state index is 11.0. The summed E-state index contributed by atoms with van der Waals surface area (Å²) >= 11 is 0. The maximum Gasteiger partial charge on any atom is 0.219 e. The lowest BCUT2D eigenvalue weighted by Crippen LogP contribution is -2.43. The van der Waals surface area contributed by atoms with Crippen LogP contribution in [0.25, 0.3) is 0 Å². The summed E-state index contributed by atoms with van der Waals surface area (Å²) in [5, 5.41) is 0. The lowest BCUT2D eigenvalue weighted by molar-refractivity contribution is -0.119. The van der Waals surface area contributed by atoms with Gasteiger partial charge in [-0.1, -0.05) is 13.8 Å². The third-order valence-electron chi connectivity index (χ3n) is 3.60. The first-order valence-corrected chi connectivity index (χ1v) is 6.17. The Morgan fingerprint density at radius 1 is 1.38 bits per heavy atom. The van der Waals surface area contributed by atoms with Crippen LogP contribution in [-0.2, 0) is 4.79 Å². The van der Waals surface area contributed by atoms with Crippen molar-refractivity contribution in [2.75, 3.05) is 19.6 Å². The molecule has 0 bridgehead atoms. The third kappa shape index (κ3) is 4.10. The molecule has 1 aliphatic rings. The lowest BCUT2D eigenvalue weighted by atomic mass is 9.85. The average molecular weight is 227 g/mol. The van der Waals surface area contributed by atoms with E-state index in [9.17, 15) is 4.79 Å². The molecule has 16 heavy (non-hydrogen) atoms. The Hall–Kier alpha value is -0.610. The Kier molecular flexibility index (Phi) is 4.74. The van der Waals surface area contributed by atoms with E-state index >= 15 is 0 Å². The summed E-state index contributed by atoms with van der Waals surface area (Å²) in [6.07, 6.45) is 3.98. The molecule has 4 heteroatoms. The minimum absolute atomic E-state index is 0.131. The van der Waals surface area contributed by atoms with Crippen molar-refractivity contribution in [3.05, 3.63) is 0 Å². The number of rotatable bonds is 4. The van der Waals surface area contributed by atoms with E-state index in [2.05, 4.69) is 18.7 Å². The second-order valence-corrected chi connectivity index (χ2v) is 5.61. The van der Waals surface area contributed by atoms with Crippen LogP contribution < -0.4 is 11.5 Å². The molecule has 1 atom stereocenters. The number of carbonyl (C=O) groups is 1. The highest BCUT2D eigenvalue weighted by Gasteiger charge is 2.26. The molecule has 1 heterocycles. The van der Waals surface area contributed by atoms with Crippen LogP contribution in [0.5, 0.6) is 0 Å². The zero-order valence-electron chi connectivity index (χ0n) is 10.5. The van der Waals surface area contributed by atoms with Crippen molar-refractivity contribution in [3.63, 3.8) is 0 Å². The molecule has 1 amide bonds. The number of hydrogen-bond donors (Lipinski definition) is 2. The van der Waals surface area contributed by atoms with Crippen molar-refractivity contribution in [3.8, 4) is 0 Å². The fraction of sp³-hybridized carbons (Fsp3) is 0.917. The highest BCUT2D eigenvalue weighted by Crippen LogP contribution is 2.30. The summed E-state index contributed by atoms with van der Waals surface area (Å²) in [6, 6.07) is 0.131. The second-order valence-electron chi connectivity index (χ2n) is 5.61. The van der Waals surface area contributed by atoms with E-state index in [-0.39, 0.29) is 11.9 Å². The second kappa shape index (κ2) is 5.64. The lowest BCUT2D eigenvalue weighted by Gasteiger charge is -2.29. The van der Waals surface area contributed by atoms with Crippen LogP contribution in [0.1, 0.15) is 39.5 Å². The molecular weight excluding hydrogens is 202 g/mol. The Balaban J connectivity index is 2.54. The summed E-state index contributed by atoms with van der Waals surface area (Å²) in [5.74, 6) is -0.251. The first-order valence-electron chi connectivity index (χ1n) is 6.17. The summed E-state index contributed by atoms with van der Waals surface area (Å²) < 4.78 is 0. The van der Waals surface area contributed by atoms with Gasteiger partial charge in [0, 0.05) is 19.0 Å². The van der Waals surface area contributed by atoms with Crippen molar-refractivity contribution in [1.29, 1.82) is 0 Å². The number of hydrogen-bond acceptors (Lipinski definition) is 3. The van der Waals surface area contributed by atoms with E-state index < -0.39 is 0 Å². The van der Waals surface area contributed by atoms with Crippen LogP contribution in [0.4, 0.5) is 0 Å². The summed E-state index contributed by atoms with van der Waals surface area (Å²) in [7, 11) is 0. The molecule has 94 valence electrons. The van der Waals surface area contributed by atoms with Gasteiger partial charge >= 0.3 is 0 Å². The van der Waals surface area contributed by atoms with E-state index in [0.717, 1.165) is 13.1 Å². The van der Waals surface area contributed by atoms with Gasteiger partial charge in [-0.25, -0.2) is 0 Å². The van der Waals surface area contributed by atoms with Crippen LogP contribution in [-0.4, -0.2) is 36.5 Å². The topological polar surface area (TPSA) is 72.3 Å². The molecule has 0 aliphatic carbocycles. The van der Waals surface area contributed by atoms with E-state index in [4.69, 9.17) is 11.5 Å². The van der Waals surface area contributed by atoms with E-state index in [1.165, 1.54) is 19.3 Å². The van der Waals surface area contributed by atoms with Gasteiger partial charge in [0.2, 0.25) is 5.91 Å². The Morgan fingerprint density at radius 2 is 2.06 bits per heavy atom. The standard InChI is InChI=1S/C12H25N3O/c1-12(2)4-3-6-15(7-5-12)10(9-13)8-11(14)16/h10H,3-9,13H2,1-2H3,(H2,14,16). The van der Waals surface area contributed by atoms with Gasteiger partial charge in [0.15, 0.2) is 0 Å². The van der Waals surface area contributed by atoms with Crippen molar-refractivity contribution < 1.29 is 4.79 Å². The minimum Gasteiger partial charge on any atom is -0.370 e. The van der Waals surface area contributed by atoms with Crippen molar-refractivity contribution in [2.45, 2.75) is 45.6 Å². The maximum atomic E-state index is 11.0. The van der Waals surface area contributed by atoms with Crippen LogP contribution in [0.2, 0.25) is 0 Å². The molecule has 4 nitrogen and oxygen atoms in total. The quantitative estimate of drug-likeness (QED) is 0.742. The first kappa shape index (κ1) is 13.5. The number of nitrogens with two attached hydrogens (primary N) is 2. The van der Waals surface area contributed by atoms with Crippen LogP contribution >= 0.6 is 0 Å². The van der Waals surface area contributed by atoms with Gasteiger partial charge < -0.3 is 11.5 Å². The Morgan fingerprint density at radius 3 is 2.62 bits per heavy atom. The van der Waals surface area contributed by atoms with Crippen LogP contribution in [0.3, 0.4) is 0 Å². The highest BCUT2D eigenvalue weighted by atomic mass is 16.1. The SMILES string of the molecule is CC1(C)CCCN(C(CN)CC(N)=O)CC1. The number of nitrogens with zero attached hydrogens (tertiary/aromatic N) is 1. The third-order valence-corrected chi connectivity index (χ3v) is 3.60. The normalized spacial score (nSPS) is 23.7. The monoisotopic (exact) mass is 227 g/mol. The number of primary amides is 1. The highest BCUT2D eigenvalue weighted by molar-refractivity contribution is 5.74. The Labute approximate surface area is 98.3 Å². The molecule has 4 N–H and O–H groups in total. The summed E-state index contributed by atoms with van der Waals surface area (Å²) in [4.78, 5) is 13.3. The van der Waals surface area contributed by atoms with Crippen LogP contribution in [0.15, 0.2) is 0 Å². The van der Waals surface area contributed by atoms with Gasteiger partial charge in [-0.2, -0.15) is 0 Å². The van der Waals surface area contributed by atoms with Gasteiger partial charge in [-0.05, 0) is 37.8 Å². The van der Waals surface area contributed by atoms with Crippen molar-refractivity contribution >= 4 is 5.91 Å². The molecule has 0 aromatic carbocycles. The first-order chi connectivity index (χ1) is 7.44. The molecule has 1 rings (SSSR count). The van der Waals surface area contributed by atoms with Gasteiger partial charge in [-0.3, -0.25) is 9.69 Å². The largest absolute Gasteiger partial charge is 0.370 e. The van der Waals surface area contributed by atoms with Gasteiger partial charge in [-0.15, -0.1) is 0 Å². The molecule has 0 spiro atoms. The number of likely N-dealkylation sites (tertiary alicyclic amines) is 1. The van der Waals surface area contributed by atoms with E-state index in [1.807, 2.05) is 0 Å². The molecule has 0 saturated carbocycles. The summed E-state index contributed by atoms with van der Waals surface area (Å²) in [6.45, 7) is 7.20. The van der Waals surface area contributed by atoms with Gasteiger partial charge in [0.1, 0.15) is 0 Å². The molecule has 1 aliphatic heterocycles. The molecule has 1 unspecified atom stereocenters. The van der Waals surface area contributed by atoms with Crippen molar-refractivity contribution in [2.24, 2.45) is 16.9 Å². The fourth-order valence-corrected chi connectivity index (χ4v) is 2.40. The molecular formula is C12H25N3O. The fourth-order valence-electron chi connectivity index (χ4n) is 2.40. The molecule has 0 aromatic rings. The number of carbonyl (C=O) groups excluding carboxylic acids is 1. The van der Waals surface area contributed by atoms with E-state index in [1.54, 1.807) is 0 Å². The predicted octanol–water partition coefficient (Wildman–Crippen LogP) is 0.701.